The average Bonchev–Trinajstić information content (AvgIpc) is 3.87. The van der Waals surface area contributed by atoms with Crippen molar-refractivity contribution in [3.05, 3.63) is 0 Å². The SMILES string of the molecule is CC(=O)O[C@H]1[C@@H]2[C@H]([C@H](C)[C@H]3O[C@]34OC(=O)[C@@](C)(O)[C@]24C)[C@]2(C)[C@@H]1C1C(C[C@@H]2O)[C@]2(C)[C@H](C[C@@H]3O[C@@H]3[C@@H]2OC(=O)CC(C)C)C(=O)[C@@H]1O. The molecule has 5 saturated carbocycles. The minimum atomic E-state index is -2.02. The quantitative estimate of drug-likeness (QED) is 0.225. The molecule has 0 aromatic carbocycles. The van der Waals surface area contributed by atoms with Crippen LogP contribution in [0, 0.1) is 63.6 Å². The average molecular weight is 661 g/mol. The van der Waals surface area contributed by atoms with E-state index >= 15 is 0 Å². The number of aliphatic hydroxyl groups excluding tert-OH is 2. The Labute approximate surface area is 274 Å². The van der Waals surface area contributed by atoms with Gasteiger partial charge in [0.15, 0.2) is 11.4 Å². The lowest BCUT2D eigenvalue weighted by atomic mass is 9.42. The monoisotopic (exact) mass is 660 g/mol. The fraction of sp³-hybridized carbons (Fsp3) is 0.886. The molecule has 0 radical (unpaired) electrons. The number of fused-ring (bicyclic) bond motifs is 9. The number of carbonyl (C=O) groups excluding carboxylic acids is 4. The van der Waals surface area contributed by atoms with Gasteiger partial charge in [-0.25, -0.2) is 4.79 Å². The van der Waals surface area contributed by atoms with Crippen molar-refractivity contribution in [2.75, 3.05) is 0 Å². The number of ketones is 1. The second kappa shape index (κ2) is 9.35. The summed E-state index contributed by atoms with van der Waals surface area (Å²) in [6.45, 7) is 14.1. The zero-order valence-corrected chi connectivity index (χ0v) is 28.3. The molecule has 260 valence electrons. The van der Waals surface area contributed by atoms with Gasteiger partial charge < -0.3 is 39.0 Å². The topological polar surface area (TPSA) is 182 Å². The zero-order chi connectivity index (χ0) is 34.1. The Morgan fingerprint density at radius 2 is 1.68 bits per heavy atom. The Balaban J connectivity index is 1.29. The Hall–Kier alpha value is -2.12. The summed E-state index contributed by atoms with van der Waals surface area (Å²) in [6, 6.07) is 0. The molecule has 0 amide bonds. The van der Waals surface area contributed by atoms with Crippen molar-refractivity contribution in [3.63, 3.8) is 0 Å². The highest BCUT2D eigenvalue weighted by Crippen LogP contribution is 2.80. The summed E-state index contributed by atoms with van der Waals surface area (Å²) >= 11 is 0. The molecule has 8 fully saturated rings. The molecule has 19 atom stereocenters. The van der Waals surface area contributed by atoms with Crippen LogP contribution in [-0.4, -0.2) is 93.1 Å². The van der Waals surface area contributed by atoms with Gasteiger partial charge in [-0.2, -0.15) is 0 Å². The zero-order valence-electron chi connectivity index (χ0n) is 28.3. The van der Waals surface area contributed by atoms with Crippen molar-refractivity contribution < 1.29 is 58.2 Å². The maximum Gasteiger partial charge on any atom is 0.341 e. The first kappa shape index (κ1) is 32.1. The standard InChI is InChI=1S/C35H48O12/c1-12(2)9-19(38)45-29-26-17(44-26)10-16-24(39)25(40)20-15(31(16,29)5)11-18(37)32(6)21-13(3)28-35(46-28)33(7,34(8,42)30(41)47-35)23(21)27(22(20)32)43-14(4)36/h12-13,15-18,20-23,25-29,37,40,42H,9-11H2,1-8H3/t13-,15?,16+,17-,18-,20?,21-,22+,23-,25+,26-,27+,28+,29-,31+,32+,33-,34+,35-/m0/s1. The third-order valence-electron chi connectivity index (χ3n) is 15.0. The van der Waals surface area contributed by atoms with Crippen LogP contribution in [0.4, 0.5) is 0 Å². The predicted octanol–water partition coefficient (Wildman–Crippen LogP) is 1.54. The molecule has 3 saturated heterocycles. The van der Waals surface area contributed by atoms with Gasteiger partial charge in [0.2, 0.25) is 5.79 Å². The van der Waals surface area contributed by atoms with Gasteiger partial charge in [-0.1, -0.05) is 34.6 Å². The summed E-state index contributed by atoms with van der Waals surface area (Å²) in [5.41, 5.74) is -5.43. The van der Waals surface area contributed by atoms with Crippen molar-refractivity contribution in [1.82, 2.24) is 0 Å². The van der Waals surface area contributed by atoms with Gasteiger partial charge in [-0.05, 0) is 50.4 Å². The van der Waals surface area contributed by atoms with Crippen molar-refractivity contribution in [3.8, 4) is 0 Å². The Morgan fingerprint density at radius 3 is 2.32 bits per heavy atom. The fourth-order valence-electron chi connectivity index (χ4n) is 12.8. The van der Waals surface area contributed by atoms with Crippen molar-refractivity contribution in [2.45, 2.75) is 129 Å². The smallest absolute Gasteiger partial charge is 0.341 e. The van der Waals surface area contributed by atoms with Crippen molar-refractivity contribution >= 4 is 23.7 Å². The summed E-state index contributed by atoms with van der Waals surface area (Å²) in [6.07, 6.45) is -4.65. The van der Waals surface area contributed by atoms with E-state index in [9.17, 15) is 34.5 Å². The van der Waals surface area contributed by atoms with Crippen LogP contribution in [0.15, 0.2) is 0 Å². The molecule has 12 nitrogen and oxygen atoms in total. The molecular formula is C35H48O12. The van der Waals surface area contributed by atoms with Gasteiger partial charge in [-0.15, -0.1) is 0 Å². The first-order chi connectivity index (χ1) is 21.8. The van der Waals surface area contributed by atoms with Gasteiger partial charge in [0, 0.05) is 47.8 Å². The first-order valence-electron chi connectivity index (χ1n) is 17.4. The van der Waals surface area contributed by atoms with Crippen LogP contribution in [0.1, 0.15) is 74.7 Å². The van der Waals surface area contributed by atoms with Crippen molar-refractivity contribution in [1.29, 1.82) is 0 Å². The molecule has 3 heterocycles. The number of Topliss-reactive ketones (excluding diaryl/α,β-unsaturated/α-hetero) is 1. The summed E-state index contributed by atoms with van der Waals surface area (Å²) in [5.74, 6) is -7.77. The molecule has 5 aliphatic carbocycles. The van der Waals surface area contributed by atoms with E-state index in [1.807, 2.05) is 34.6 Å². The van der Waals surface area contributed by atoms with Gasteiger partial charge in [0.1, 0.15) is 30.5 Å². The maximum atomic E-state index is 14.4. The molecule has 0 bridgehead atoms. The van der Waals surface area contributed by atoms with E-state index in [1.54, 1.807) is 6.92 Å². The third kappa shape index (κ3) is 3.52. The highest BCUT2D eigenvalue weighted by Gasteiger charge is 2.92. The molecule has 3 aliphatic heterocycles. The number of ether oxygens (including phenoxy) is 5. The number of rotatable bonds is 4. The number of esters is 3. The molecule has 3 N–H and O–H groups in total. The molecule has 8 aliphatic rings. The minimum Gasteiger partial charge on any atom is -0.462 e. The molecule has 8 rings (SSSR count). The Morgan fingerprint density at radius 1 is 1.00 bits per heavy atom. The molecule has 2 unspecified atom stereocenters. The van der Waals surface area contributed by atoms with Crippen LogP contribution in [-0.2, 0) is 42.9 Å². The van der Waals surface area contributed by atoms with Crippen LogP contribution in [0.5, 0.6) is 0 Å². The van der Waals surface area contributed by atoms with E-state index in [1.165, 1.54) is 13.8 Å². The highest BCUT2D eigenvalue weighted by atomic mass is 16.8. The maximum absolute atomic E-state index is 14.4. The van der Waals surface area contributed by atoms with Gasteiger partial charge in [0.05, 0.1) is 17.6 Å². The van der Waals surface area contributed by atoms with Gasteiger partial charge >= 0.3 is 17.9 Å². The van der Waals surface area contributed by atoms with Gasteiger partial charge in [-0.3, -0.25) is 14.4 Å². The lowest BCUT2D eigenvalue weighted by Gasteiger charge is -2.63. The van der Waals surface area contributed by atoms with Crippen LogP contribution in [0.25, 0.3) is 0 Å². The predicted molar refractivity (Wildman–Crippen MR) is 159 cm³/mol. The summed E-state index contributed by atoms with van der Waals surface area (Å²) in [4.78, 5) is 53.8. The normalized spacial score (nSPS) is 59.3. The number of hydrogen-bond acceptors (Lipinski definition) is 12. The largest absolute Gasteiger partial charge is 0.462 e. The molecule has 47 heavy (non-hydrogen) atoms. The Bertz CT molecular complexity index is 1460. The van der Waals surface area contributed by atoms with E-state index in [0.717, 1.165) is 0 Å². The molecule has 12 heteroatoms. The van der Waals surface area contributed by atoms with Crippen molar-refractivity contribution in [2.24, 2.45) is 63.6 Å². The molecular weight excluding hydrogens is 612 g/mol. The summed E-state index contributed by atoms with van der Waals surface area (Å²) in [5, 5.41) is 36.4. The lowest BCUT2D eigenvalue weighted by molar-refractivity contribution is -0.231. The molecule has 0 aromatic rings. The number of aliphatic hydroxyl groups is 3. The van der Waals surface area contributed by atoms with Crippen LogP contribution < -0.4 is 0 Å². The van der Waals surface area contributed by atoms with Crippen LogP contribution in [0.2, 0.25) is 0 Å². The number of hydrogen-bond donors (Lipinski definition) is 3. The third-order valence-corrected chi connectivity index (χ3v) is 15.0. The van der Waals surface area contributed by atoms with Crippen LogP contribution in [0.3, 0.4) is 0 Å². The second-order valence-electron chi connectivity index (χ2n) is 17.3. The second-order valence-corrected chi connectivity index (χ2v) is 17.3. The molecule has 1 spiro atoms. The van der Waals surface area contributed by atoms with E-state index in [4.69, 9.17) is 23.7 Å². The van der Waals surface area contributed by atoms with Gasteiger partial charge in [0.25, 0.3) is 0 Å². The van der Waals surface area contributed by atoms with E-state index < -0.39 is 112 Å². The highest BCUT2D eigenvalue weighted by molar-refractivity contribution is 5.88. The van der Waals surface area contributed by atoms with E-state index in [0.29, 0.717) is 6.42 Å². The number of epoxide rings is 2. The number of carbonyl (C=O) groups is 4. The Kier molecular flexibility index (Phi) is 6.39. The fourth-order valence-corrected chi connectivity index (χ4v) is 12.8. The first-order valence-corrected chi connectivity index (χ1v) is 17.4. The van der Waals surface area contributed by atoms with Crippen LogP contribution >= 0.6 is 0 Å². The minimum absolute atomic E-state index is 0.0576. The molecule has 0 aromatic heterocycles. The summed E-state index contributed by atoms with van der Waals surface area (Å²) in [7, 11) is 0. The lowest BCUT2D eigenvalue weighted by Crippen LogP contribution is -2.70. The van der Waals surface area contributed by atoms with E-state index in [2.05, 4.69) is 0 Å². The van der Waals surface area contributed by atoms with E-state index in [-0.39, 0.29) is 42.5 Å². The summed E-state index contributed by atoms with van der Waals surface area (Å²) < 4.78 is 30.5.